The molecule has 37 heavy (non-hydrogen) atoms. The Labute approximate surface area is 232 Å². The third kappa shape index (κ3) is 6.54. The fourth-order valence-corrected chi connectivity index (χ4v) is 4.81. The van der Waals surface area contributed by atoms with Crippen molar-refractivity contribution in [3.63, 3.8) is 0 Å². The number of aryl methyl sites for hydroxylation is 1. The fraction of sp³-hybridized carbons (Fsp3) is 0.148. The summed E-state index contributed by atoms with van der Waals surface area (Å²) >= 11 is 10.8. The summed E-state index contributed by atoms with van der Waals surface area (Å²) in [5, 5.41) is 3.92. The molecule has 7 nitrogen and oxygen atoms in total. The van der Waals surface area contributed by atoms with Gasteiger partial charge in [0.25, 0.3) is 11.8 Å². The molecule has 190 valence electrons. The molecule has 0 aromatic heterocycles. The van der Waals surface area contributed by atoms with Crippen LogP contribution in [-0.2, 0) is 9.59 Å². The average molecular weight is 601 g/mol. The van der Waals surface area contributed by atoms with Crippen molar-refractivity contribution in [2.24, 2.45) is 4.99 Å². The van der Waals surface area contributed by atoms with Crippen LogP contribution in [0.5, 0.6) is 11.5 Å². The minimum absolute atomic E-state index is 0.167. The van der Waals surface area contributed by atoms with Gasteiger partial charge in [-0.2, -0.15) is 0 Å². The maximum Gasteiger partial charge on any atom is 0.266 e. The summed E-state index contributed by atoms with van der Waals surface area (Å²) in [6.07, 6.45) is 1.76. The normalized spacial score (nSPS) is 15.4. The number of methoxy groups -OCH3 is 1. The lowest BCUT2D eigenvalue weighted by Crippen LogP contribution is -2.23. The van der Waals surface area contributed by atoms with Crippen LogP contribution in [0.1, 0.15) is 11.1 Å². The van der Waals surface area contributed by atoms with E-state index >= 15 is 0 Å². The molecule has 1 aliphatic heterocycles. The smallest absolute Gasteiger partial charge is 0.266 e. The van der Waals surface area contributed by atoms with E-state index in [1.165, 1.54) is 23.8 Å². The number of anilines is 1. The van der Waals surface area contributed by atoms with Crippen LogP contribution in [0.2, 0.25) is 5.02 Å². The Kier molecular flexibility index (Phi) is 8.58. The van der Waals surface area contributed by atoms with Crippen LogP contribution in [0.15, 0.2) is 75.0 Å². The summed E-state index contributed by atoms with van der Waals surface area (Å²) in [5.41, 5.74) is 3.08. The first kappa shape index (κ1) is 26.8. The largest absolute Gasteiger partial charge is 0.493 e. The number of amidine groups is 1. The van der Waals surface area contributed by atoms with E-state index in [-0.39, 0.29) is 18.4 Å². The lowest BCUT2D eigenvalue weighted by atomic mass is 10.2. The van der Waals surface area contributed by atoms with Gasteiger partial charge in [-0.15, -0.1) is 0 Å². The van der Waals surface area contributed by atoms with Gasteiger partial charge in [0, 0.05) is 17.2 Å². The van der Waals surface area contributed by atoms with Crippen LogP contribution < -0.4 is 14.8 Å². The van der Waals surface area contributed by atoms with Crippen molar-refractivity contribution in [3.8, 4) is 11.5 Å². The molecule has 3 aromatic rings. The molecule has 0 saturated carbocycles. The molecule has 0 bridgehead atoms. The molecule has 0 unspecified atom stereocenters. The van der Waals surface area contributed by atoms with Crippen LogP contribution in [0.4, 0.5) is 11.4 Å². The number of rotatable bonds is 7. The van der Waals surface area contributed by atoms with Crippen molar-refractivity contribution in [2.75, 3.05) is 26.1 Å². The van der Waals surface area contributed by atoms with E-state index < -0.39 is 0 Å². The van der Waals surface area contributed by atoms with Gasteiger partial charge in [0.15, 0.2) is 23.3 Å². The predicted molar refractivity (Wildman–Crippen MR) is 153 cm³/mol. The van der Waals surface area contributed by atoms with Crippen molar-refractivity contribution in [2.45, 2.75) is 6.92 Å². The number of hydrogen-bond acceptors (Lipinski definition) is 6. The standard InChI is InChI=1S/C27H23BrClN3O4S/c1-16-6-4-5-7-21(16)31-25(33)15-36-22-11-8-17(12-23(22)35-3)13-24-26(34)32(2)27(37-24)30-18-9-10-19(28)20(29)14-18/h4-14H,15H2,1-3H3,(H,31,33)/b24-13+,30-27?. The summed E-state index contributed by atoms with van der Waals surface area (Å²) in [5.74, 6) is 0.415. The number of ether oxygens (including phenoxy) is 2. The Bertz CT molecular complexity index is 1430. The number of nitrogens with zero attached hydrogens (tertiary/aromatic N) is 2. The number of aliphatic imine (C=N–C) groups is 1. The highest BCUT2D eigenvalue weighted by atomic mass is 79.9. The molecule has 0 radical (unpaired) electrons. The Balaban J connectivity index is 1.46. The number of carbonyl (C=O) groups is 2. The minimum atomic E-state index is -0.280. The lowest BCUT2D eigenvalue weighted by molar-refractivity contribution is -0.121. The molecule has 0 atom stereocenters. The Hall–Kier alpha value is -3.27. The average Bonchev–Trinajstić information content (AvgIpc) is 3.14. The van der Waals surface area contributed by atoms with Gasteiger partial charge in [0.2, 0.25) is 0 Å². The van der Waals surface area contributed by atoms with Crippen molar-refractivity contribution in [1.29, 1.82) is 0 Å². The van der Waals surface area contributed by atoms with Crippen molar-refractivity contribution in [1.82, 2.24) is 4.90 Å². The Morgan fingerprint density at radius 2 is 1.95 bits per heavy atom. The maximum absolute atomic E-state index is 12.8. The molecule has 1 aliphatic rings. The molecule has 3 aromatic carbocycles. The van der Waals surface area contributed by atoms with Gasteiger partial charge in [-0.3, -0.25) is 14.5 Å². The summed E-state index contributed by atoms with van der Waals surface area (Å²) in [4.78, 5) is 31.7. The third-order valence-corrected chi connectivity index (χ3v) is 7.69. The van der Waals surface area contributed by atoms with E-state index in [0.717, 1.165) is 21.3 Å². The third-order valence-electron chi connectivity index (χ3n) is 5.39. The second-order valence-electron chi connectivity index (χ2n) is 8.03. The highest BCUT2D eigenvalue weighted by Gasteiger charge is 2.30. The zero-order valence-electron chi connectivity index (χ0n) is 20.2. The number of likely N-dealkylation sites (N-methyl/N-ethyl adjacent to an activating group) is 1. The molecule has 0 aliphatic carbocycles. The van der Waals surface area contributed by atoms with Crippen LogP contribution in [0, 0.1) is 6.92 Å². The number of carbonyl (C=O) groups excluding carboxylic acids is 2. The van der Waals surface area contributed by atoms with Gasteiger partial charge in [-0.05, 0) is 88.2 Å². The van der Waals surface area contributed by atoms with Gasteiger partial charge in [0.05, 0.1) is 22.7 Å². The molecule has 1 N–H and O–H groups in total. The molecular weight excluding hydrogens is 578 g/mol. The Morgan fingerprint density at radius 1 is 1.16 bits per heavy atom. The highest BCUT2D eigenvalue weighted by molar-refractivity contribution is 9.10. The number of amides is 2. The summed E-state index contributed by atoms with van der Waals surface area (Å²) in [6, 6.07) is 18.1. The van der Waals surface area contributed by atoms with Crippen LogP contribution in [0.25, 0.3) is 6.08 Å². The van der Waals surface area contributed by atoms with Gasteiger partial charge in [-0.1, -0.05) is 35.9 Å². The van der Waals surface area contributed by atoms with Crippen LogP contribution in [0.3, 0.4) is 0 Å². The molecule has 4 rings (SSSR count). The zero-order valence-corrected chi connectivity index (χ0v) is 23.4. The number of halogens is 2. The molecule has 0 spiro atoms. The quantitative estimate of drug-likeness (QED) is 0.307. The minimum Gasteiger partial charge on any atom is -0.493 e. The first-order valence-corrected chi connectivity index (χ1v) is 13.1. The van der Waals surface area contributed by atoms with Gasteiger partial charge < -0.3 is 14.8 Å². The SMILES string of the molecule is COc1cc(/C=C2/SC(=Nc3ccc(Br)c(Cl)c3)N(C)C2=O)ccc1OCC(=O)Nc1ccccc1C. The van der Waals surface area contributed by atoms with Gasteiger partial charge in [0.1, 0.15) is 0 Å². The first-order valence-electron chi connectivity index (χ1n) is 11.1. The first-order chi connectivity index (χ1) is 17.7. The highest BCUT2D eigenvalue weighted by Crippen LogP contribution is 2.36. The molecule has 1 heterocycles. The van der Waals surface area contributed by atoms with Crippen molar-refractivity contribution >= 4 is 73.7 Å². The molecule has 2 amide bonds. The van der Waals surface area contributed by atoms with Crippen LogP contribution in [-0.4, -0.2) is 42.6 Å². The maximum atomic E-state index is 12.8. The summed E-state index contributed by atoms with van der Waals surface area (Å²) in [7, 11) is 3.19. The van der Waals surface area contributed by atoms with Crippen molar-refractivity contribution < 1.29 is 19.1 Å². The van der Waals surface area contributed by atoms with E-state index in [9.17, 15) is 9.59 Å². The van der Waals surface area contributed by atoms with Gasteiger partial charge in [-0.25, -0.2) is 4.99 Å². The second-order valence-corrected chi connectivity index (χ2v) is 10.3. The molecule has 1 fully saturated rings. The monoisotopic (exact) mass is 599 g/mol. The summed E-state index contributed by atoms with van der Waals surface area (Å²) < 4.78 is 11.9. The Morgan fingerprint density at radius 3 is 2.68 bits per heavy atom. The van der Waals surface area contributed by atoms with Gasteiger partial charge >= 0.3 is 0 Å². The van der Waals surface area contributed by atoms with E-state index in [1.807, 2.05) is 43.3 Å². The topological polar surface area (TPSA) is 80.2 Å². The zero-order chi connectivity index (χ0) is 26.5. The molecule has 10 heteroatoms. The molecular formula is C27H23BrClN3O4S. The lowest BCUT2D eigenvalue weighted by Gasteiger charge is -2.12. The number of para-hydroxylation sites is 1. The predicted octanol–water partition coefficient (Wildman–Crippen LogP) is 6.67. The van der Waals surface area contributed by atoms with Crippen molar-refractivity contribution in [3.05, 3.63) is 86.2 Å². The molecule has 1 saturated heterocycles. The van der Waals surface area contributed by atoms with E-state index in [2.05, 4.69) is 26.2 Å². The van der Waals surface area contributed by atoms with E-state index in [4.69, 9.17) is 21.1 Å². The summed E-state index contributed by atoms with van der Waals surface area (Å²) in [6.45, 7) is 1.74. The van der Waals surface area contributed by atoms with E-state index in [0.29, 0.717) is 32.3 Å². The number of nitrogens with one attached hydrogen (secondary N) is 1. The second kappa shape index (κ2) is 11.9. The fourth-order valence-electron chi connectivity index (χ4n) is 3.40. The van der Waals surface area contributed by atoms with E-state index in [1.54, 1.807) is 37.4 Å². The van der Waals surface area contributed by atoms with Crippen LogP contribution >= 0.6 is 39.3 Å². The number of thioether (sulfide) groups is 1. The number of hydrogen-bond donors (Lipinski definition) is 1. The number of benzene rings is 3.